The third-order valence-electron chi connectivity index (χ3n) is 5.19. The van der Waals surface area contributed by atoms with Crippen LogP contribution in [0.4, 0.5) is 0 Å². The maximum absolute atomic E-state index is 12.0. The fourth-order valence-electron chi connectivity index (χ4n) is 3.28. The van der Waals surface area contributed by atoms with Crippen LogP contribution in [-0.4, -0.2) is 16.9 Å². The lowest BCUT2D eigenvalue weighted by molar-refractivity contribution is 0.253. The number of para-hydroxylation sites is 1. The normalized spacial score (nSPS) is 12.9. The maximum atomic E-state index is 12.0. The number of hydrogen-bond acceptors (Lipinski definition) is 5. The number of thiazole rings is 1. The van der Waals surface area contributed by atoms with Crippen LogP contribution in [0.25, 0.3) is 21.2 Å². The summed E-state index contributed by atoms with van der Waals surface area (Å²) < 4.78 is 6.62. The summed E-state index contributed by atoms with van der Waals surface area (Å²) in [6.45, 7) is 6.92. The van der Waals surface area contributed by atoms with E-state index >= 15 is 0 Å². The van der Waals surface area contributed by atoms with E-state index in [2.05, 4.69) is 37.9 Å². The van der Waals surface area contributed by atoms with Crippen molar-refractivity contribution < 1.29 is 4.42 Å². The smallest absolute Gasteiger partial charge is 0.336 e. The minimum atomic E-state index is -0.304. The van der Waals surface area contributed by atoms with E-state index < -0.39 is 0 Å². The van der Waals surface area contributed by atoms with Gasteiger partial charge in [-0.3, -0.25) is 4.90 Å². The zero-order valence-corrected chi connectivity index (χ0v) is 16.8. The summed E-state index contributed by atoms with van der Waals surface area (Å²) in [5, 5.41) is 2.08. The Bertz CT molecular complexity index is 1160. The Morgan fingerprint density at radius 1 is 1.15 bits per heavy atom. The van der Waals surface area contributed by atoms with Gasteiger partial charge in [0.2, 0.25) is 0 Å². The Labute approximate surface area is 162 Å². The molecule has 0 saturated carbocycles. The Morgan fingerprint density at radius 2 is 1.89 bits per heavy atom. The summed E-state index contributed by atoms with van der Waals surface area (Å²) in [7, 11) is 2.07. The first-order valence-electron chi connectivity index (χ1n) is 9.02. The molecular weight excluding hydrogens is 356 g/mol. The van der Waals surface area contributed by atoms with Crippen LogP contribution in [0.15, 0.2) is 51.7 Å². The predicted octanol–water partition coefficient (Wildman–Crippen LogP) is 5.21. The molecular formula is C22H22N2O2S. The summed E-state index contributed by atoms with van der Waals surface area (Å²) in [5.74, 6) is 0. The number of nitrogens with zero attached hydrogens (tertiary/aromatic N) is 2. The summed E-state index contributed by atoms with van der Waals surface area (Å²) in [5.41, 5.74) is 4.69. The van der Waals surface area contributed by atoms with Crippen molar-refractivity contribution in [3.8, 4) is 0 Å². The van der Waals surface area contributed by atoms with Crippen molar-refractivity contribution in [1.82, 2.24) is 9.88 Å². The van der Waals surface area contributed by atoms with E-state index in [9.17, 15) is 4.79 Å². The molecule has 2 heterocycles. The molecule has 4 aromatic rings. The molecule has 1 atom stereocenters. The van der Waals surface area contributed by atoms with Crippen molar-refractivity contribution in [2.75, 3.05) is 7.05 Å². The molecule has 0 spiro atoms. The van der Waals surface area contributed by atoms with E-state index in [4.69, 9.17) is 9.40 Å². The number of rotatable bonds is 4. The standard InChI is InChI=1S/C22H22N2O2S/c1-13-9-17-16(11-21(25)26-19(17)10-14(13)2)12-24(4)15(3)22-23-18-7-5-6-8-20(18)27-22/h5-11,15H,12H2,1-4H3/t15-/m1/s1. The minimum absolute atomic E-state index is 0.149. The van der Waals surface area contributed by atoms with Crippen LogP contribution in [0, 0.1) is 13.8 Å². The van der Waals surface area contributed by atoms with Crippen molar-refractivity contribution >= 4 is 32.5 Å². The van der Waals surface area contributed by atoms with Gasteiger partial charge in [-0.1, -0.05) is 12.1 Å². The van der Waals surface area contributed by atoms with E-state index in [0.717, 1.165) is 27.0 Å². The molecule has 27 heavy (non-hydrogen) atoms. The van der Waals surface area contributed by atoms with Crippen molar-refractivity contribution in [3.05, 3.63) is 74.6 Å². The fourth-order valence-corrected chi connectivity index (χ4v) is 4.36. The van der Waals surface area contributed by atoms with Crippen LogP contribution in [-0.2, 0) is 6.54 Å². The zero-order valence-electron chi connectivity index (χ0n) is 15.9. The molecule has 138 valence electrons. The van der Waals surface area contributed by atoms with E-state index in [1.54, 1.807) is 17.4 Å². The highest BCUT2D eigenvalue weighted by molar-refractivity contribution is 7.18. The Kier molecular flexibility index (Phi) is 4.58. The SMILES string of the molecule is Cc1cc2oc(=O)cc(CN(C)[C@H](C)c3nc4ccccc4s3)c2cc1C. The molecule has 0 amide bonds. The number of aromatic nitrogens is 1. The molecule has 0 unspecified atom stereocenters. The first kappa shape index (κ1) is 17.9. The molecule has 0 N–H and O–H groups in total. The maximum Gasteiger partial charge on any atom is 0.336 e. The molecule has 4 rings (SSSR count). The van der Waals surface area contributed by atoms with Crippen molar-refractivity contribution in [1.29, 1.82) is 0 Å². The Balaban J connectivity index is 1.68. The van der Waals surface area contributed by atoms with Crippen LogP contribution in [0.3, 0.4) is 0 Å². The van der Waals surface area contributed by atoms with Crippen molar-refractivity contribution in [3.63, 3.8) is 0 Å². The van der Waals surface area contributed by atoms with Gasteiger partial charge < -0.3 is 4.42 Å². The highest BCUT2D eigenvalue weighted by Gasteiger charge is 2.18. The lowest BCUT2D eigenvalue weighted by Crippen LogP contribution is -2.22. The molecule has 2 aromatic carbocycles. The second-order valence-electron chi connectivity index (χ2n) is 7.13. The second kappa shape index (κ2) is 6.91. The summed E-state index contributed by atoms with van der Waals surface area (Å²) >= 11 is 1.72. The first-order valence-corrected chi connectivity index (χ1v) is 9.83. The molecule has 0 aliphatic heterocycles. The lowest BCUT2D eigenvalue weighted by Gasteiger charge is -2.23. The van der Waals surface area contributed by atoms with Gasteiger partial charge in [-0.15, -0.1) is 11.3 Å². The molecule has 0 bridgehead atoms. The molecule has 5 heteroatoms. The van der Waals surface area contributed by atoms with Gasteiger partial charge in [0.05, 0.1) is 16.3 Å². The van der Waals surface area contributed by atoms with Gasteiger partial charge >= 0.3 is 5.63 Å². The quantitative estimate of drug-likeness (QED) is 0.457. The van der Waals surface area contributed by atoms with Crippen LogP contribution in [0.2, 0.25) is 0 Å². The molecule has 0 saturated heterocycles. The van der Waals surface area contributed by atoms with Crippen LogP contribution in [0.5, 0.6) is 0 Å². The third kappa shape index (κ3) is 3.40. The Hall–Kier alpha value is -2.50. The fraction of sp³-hybridized carbons (Fsp3) is 0.273. The van der Waals surface area contributed by atoms with E-state index in [1.165, 1.54) is 10.3 Å². The third-order valence-corrected chi connectivity index (χ3v) is 6.40. The number of benzene rings is 2. The monoisotopic (exact) mass is 378 g/mol. The van der Waals surface area contributed by atoms with Crippen molar-refractivity contribution in [2.24, 2.45) is 0 Å². The van der Waals surface area contributed by atoms with E-state index in [1.807, 2.05) is 31.2 Å². The number of fused-ring (bicyclic) bond motifs is 2. The molecule has 0 radical (unpaired) electrons. The second-order valence-corrected chi connectivity index (χ2v) is 8.20. The van der Waals surface area contributed by atoms with Gasteiger partial charge in [-0.05, 0) is 68.8 Å². The van der Waals surface area contributed by atoms with E-state index in [-0.39, 0.29) is 11.7 Å². The van der Waals surface area contributed by atoms with E-state index in [0.29, 0.717) is 12.1 Å². The number of aryl methyl sites for hydroxylation is 2. The largest absolute Gasteiger partial charge is 0.423 e. The topological polar surface area (TPSA) is 46.3 Å². The summed E-state index contributed by atoms with van der Waals surface area (Å²) in [4.78, 5) is 19.0. The first-order chi connectivity index (χ1) is 12.9. The average Bonchev–Trinajstić information content (AvgIpc) is 3.06. The highest BCUT2D eigenvalue weighted by atomic mass is 32.1. The Morgan fingerprint density at radius 3 is 2.67 bits per heavy atom. The number of hydrogen-bond donors (Lipinski definition) is 0. The zero-order chi connectivity index (χ0) is 19.1. The molecule has 4 nitrogen and oxygen atoms in total. The van der Waals surface area contributed by atoms with Gasteiger partial charge in [0.1, 0.15) is 10.6 Å². The van der Waals surface area contributed by atoms with Gasteiger partial charge in [-0.2, -0.15) is 0 Å². The minimum Gasteiger partial charge on any atom is -0.423 e. The highest BCUT2D eigenvalue weighted by Crippen LogP contribution is 2.30. The van der Waals surface area contributed by atoms with Crippen LogP contribution >= 0.6 is 11.3 Å². The van der Waals surface area contributed by atoms with Gasteiger partial charge in [0, 0.05) is 18.0 Å². The van der Waals surface area contributed by atoms with Crippen LogP contribution in [0.1, 0.15) is 34.7 Å². The molecule has 2 aromatic heterocycles. The molecule has 0 fully saturated rings. The average molecular weight is 378 g/mol. The van der Waals surface area contributed by atoms with Crippen LogP contribution < -0.4 is 5.63 Å². The lowest BCUT2D eigenvalue weighted by atomic mass is 10.0. The van der Waals surface area contributed by atoms with Crippen molar-refractivity contribution in [2.45, 2.75) is 33.4 Å². The summed E-state index contributed by atoms with van der Waals surface area (Å²) in [6.07, 6.45) is 0. The molecule has 0 aliphatic carbocycles. The molecule has 0 aliphatic rings. The summed E-state index contributed by atoms with van der Waals surface area (Å²) in [6, 6.07) is 14.0. The van der Waals surface area contributed by atoms with Gasteiger partial charge in [0.25, 0.3) is 0 Å². The van der Waals surface area contributed by atoms with Gasteiger partial charge in [0.15, 0.2) is 0 Å². The van der Waals surface area contributed by atoms with Gasteiger partial charge in [-0.25, -0.2) is 9.78 Å². The predicted molar refractivity (Wildman–Crippen MR) is 111 cm³/mol.